The van der Waals surface area contributed by atoms with Crippen LogP contribution in [0.3, 0.4) is 0 Å². The highest BCUT2D eigenvalue weighted by atomic mass is 32.2. The Kier molecular flexibility index (Phi) is 6.19. The first-order valence-electron chi connectivity index (χ1n) is 9.01. The molecule has 1 aliphatic carbocycles. The molecular formula is C19H24N2O3S2. The standard InChI is InChI=1S/C19H24N2O3S2/c1-4-11-21-17(22)15-12-9-7-6-8-10-14(12)25-16(15)20-19(21)26-13(5-2)18(23)24-3/h4,13H,1,5-11H2,2-3H3/t13-/m0/s1. The van der Waals surface area contributed by atoms with E-state index in [9.17, 15) is 9.59 Å². The molecule has 2 aromatic heterocycles. The van der Waals surface area contributed by atoms with E-state index in [0.29, 0.717) is 18.1 Å². The minimum absolute atomic E-state index is 0.0171. The lowest BCUT2D eigenvalue weighted by atomic mass is 10.1. The van der Waals surface area contributed by atoms with Crippen molar-refractivity contribution in [2.75, 3.05) is 7.11 Å². The first kappa shape index (κ1) is 19.2. The average Bonchev–Trinajstić information content (AvgIpc) is 2.83. The summed E-state index contributed by atoms with van der Waals surface area (Å²) in [4.78, 5) is 32.1. The van der Waals surface area contributed by atoms with Crippen molar-refractivity contribution < 1.29 is 9.53 Å². The van der Waals surface area contributed by atoms with Crippen LogP contribution in [0.4, 0.5) is 0 Å². The van der Waals surface area contributed by atoms with E-state index in [4.69, 9.17) is 9.72 Å². The average molecular weight is 393 g/mol. The van der Waals surface area contributed by atoms with Gasteiger partial charge in [-0.2, -0.15) is 0 Å². The third kappa shape index (κ3) is 3.60. The van der Waals surface area contributed by atoms with Crippen molar-refractivity contribution in [3.63, 3.8) is 0 Å². The number of ether oxygens (including phenoxy) is 1. The molecule has 3 rings (SSSR count). The highest BCUT2D eigenvalue weighted by molar-refractivity contribution is 8.00. The summed E-state index contributed by atoms with van der Waals surface area (Å²) in [5.74, 6) is -0.293. The molecule has 0 amide bonds. The molecule has 7 heteroatoms. The van der Waals surface area contributed by atoms with Gasteiger partial charge >= 0.3 is 5.97 Å². The molecule has 0 unspecified atom stereocenters. The smallest absolute Gasteiger partial charge is 0.319 e. The molecule has 0 fully saturated rings. The number of carbonyl (C=O) groups is 1. The second kappa shape index (κ2) is 8.39. The number of methoxy groups -OCH3 is 1. The third-order valence-electron chi connectivity index (χ3n) is 4.68. The molecule has 5 nitrogen and oxygen atoms in total. The van der Waals surface area contributed by atoms with Crippen LogP contribution in [0.25, 0.3) is 10.2 Å². The number of allylic oxidation sites excluding steroid dienone is 1. The Morgan fingerprint density at radius 3 is 2.88 bits per heavy atom. The van der Waals surface area contributed by atoms with Crippen molar-refractivity contribution in [1.29, 1.82) is 0 Å². The lowest BCUT2D eigenvalue weighted by molar-refractivity contribution is -0.140. The van der Waals surface area contributed by atoms with E-state index in [1.54, 1.807) is 22.0 Å². The number of rotatable bonds is 6. The van der Waals surface area contributed by atoms with E-state index in [2.05, 4.69) is 6.58 Å². The van der Waals surface area contributed by atoms with Gasteiger partial charge in [-0.3, -0.25) is 14.2 Å². The molecule has 0 aromatic carbocycles. The number of thiophene rings is 1. The van der Waals surface area contributed by atoms with Crippen molar-refractivity contribution >= 4 is 39.3 Å². The van der Waals surface area contributed by atoms with E-state index < -0.39 is 0 Å². The second-order valence-corrected chi connectivity index (χ2v) is 8.63. The van der Waals surface area contributed by atoms with Gasteiger partial charge in [0.1, 0.15) is 10.1 Å². The summed E-state index contributed by atoms with van der Waals surface area (Å²) in [6.07, 6.45) is 7.79. The molecule has 1 atom stereocenters. The van der Waals surface area contributed by atoms with Crippen LogP contribution in [0.15, 0.2) is 22.6 Å². The number of aromatic nitrogens is 2. The normalized spacial score (nSPS) is 15.3. The molecule has 0 bridgehead atoms. The molecule has 0 N–H and O–H groups in total. The predicted octanol–water partition coefficient (Wildman–Crippen LogP) is 3.96. The van der Waals surface area contributed by atoms with E-state index in [1.165, 1.54) is 42.2 Å². The molecule has 1 aliphatic rings. The maximum Gasteiger partial charge on any atom is 0.319 e. The lowest BCUT2D eigenvalue weighted by Gasteiger charge is -2.15. The zero-order valence-corrected chi connectivity index (χ0v) is 16.9. The number of nitrogens with zero attached hydrogens (tertiary/aromatic N) is 2. The summed E-state index contributed by atoms with van der Waals surface area (Å²) in [5, 5.41) is 0.957. The molecule has 2 aromatic rings. The minimum atomic E-state index is -0.377. The molecule has 0 spiro atoms. The van der Waals surface area contributed by atoms with Gasteiger partial charge in [-0.15, -0.1) is 17.9 Å². The van der Waals surface area contributed by atoms with Crippen molar-refractivity contribution in [3.8, 4) is 0 Å². The minimum Gasteiger partial charge on any atom is -0.468 e. The predicted molar refractivity (Wildman–Crippen MR) is 107 cm³/mol. The van der Waals surface area contributed by atoms with Crippen LogP contribution in [-0.2, 0) is 28.9 Å². The summed E-state index contributed by atoms with van der Waals surface area (Å²) < 4.78 is 6.52. The van der Waals surface area contributed by atoms with Gasteiger partial charge in [-0.25, -0.2) is 4.98 Å². The molecule has 26 heavy (non-hydrogen) atoms. The quantitative estimate of drug-likeness (QED) is 0.245. The number of aryl methyl sites for hydroxylation is 2. The lowest BCUT2D eigenvalue weighted by Crippen LogP contribution is -2.25. The van der Waals surface area contributed by atoms with Gasteiger partial charge in [0.15, 0.2) is 5.16 Å². The van der Waals surface area contributed by atoms with Gasteiger partial charge in [0.05, 0.1) is 12.5 Å². The first-order valence-corrected chi connectivity index (χ1v) is 10.7. The molecule has 0 saturated heterocycles. The van der Waals surface area contributed by atoms with Crippen molar-refractivity contribution in [3.05, 3.63) is 33.4 Å². The Balaban J connectivity index is 2.14. The number of esters is 1. The Labute approximate surface area is 161 Å². The third-order valence-corrected chi connectivity index (χ3v) is 7.20. The highest BCUT2D eigenvalue weighted by Gasteiger charge is 2.25. The summed E-state index contributed by atoms with van der Waals surface area (Å²) in [6, 6.07) is 0. The van der Waals surface area contributed by atoms with E-state index in [-0.39, 0.29) is 16.8 Å². The molecule has 2 heterocycles. The van der Waals surface area contributed by atoms with Crippen LogP contribution in [-0.4, -0.2) is 27.9 Å². The monoisotopic (exact) mass is 392 g/mol. The number of carbonyl (C=O) groups excluding carboxylic acids is 1. The maximum atomic E-state index is 13.2. The van der Waals surface area contributed by atoms with E-state index in [1.807, 2.05) is 6.92 Å². The van der Waals surface area contributed by atoms with Crippen LogP contribution in [0, 0.1) is 0 Å². The summed E-state index contributed by atoms with van der Waals surface area (Å²) >= 11 is 2.94. The zero-order chi connectivity index (χ0) is 18.7. The Morgan fingerprint density at radius 2 is 2.19 bits per heavy atom. The van der Waals surface area contributed by atoms with Crippen molar-refractivity contribution in [1.82, 2.24) is 9.55 Å². The van der Waals surface area contributed by atoms with Gasteiger partial charge in [0, 0.05) is 11.4 Å². The molecule has 0 aliphatic heterocycles. The molecular weight excluding hydrogens is 368 g/mol. The van der Waals surface area contributed by atoms with Crippen molar-refractivity contribution in [2.45, 2.75) is 62.4 Å². The van der Waals surface area contributed by atoms with Crippen LogP contribution < -0.4 is 5.56 Å². The highest BCUT2D eigenvalue weighted by Crippen LogP contribution is 2.35. The van der Waals surface area contributed by atoms with Crippen LogP contribution in [0.2, 0.25) is 0 Å². The number of thioether (sulfide) groups is 1. The van der Waals surface area contributed by atoms with Crippen LogP contribution >= 0.6 is 23.1 Å². The fourth-order valence-electron chi connectivity index (χ4n) is 3.33. The molecule has 0 saturated carbocycles. The molecule has 0 radical (unpaired) electrons. The van der Waals surface area contributed by atoms with Crippen molar-refractivity contribution in [2.24, 2.45) is 0 Å². The summed E-state index contributed by atoms with van der Waals surface area (Å²) in [7, 11) is 1.38. The molecule has 140 valence electrons. The SMILES string of the molecule is C=CCn1c(S[C@@H](CC)C(=O)OC)nc2sc3c(c2c1=O)CCCCC3. The van der Waals surface area contributed by atoms with E-state index >= 15 is 0 Å². The zero-order valence-electron chi connectivity index (χ0n) is 15.2. The second-order valence-electron chi connectivity index (χ2n) is 6.38. The van der Waals surface area contributed by atoms with Crippen LogP contribution in [0.5, 0.6) is 0 Å². The summed E-state index contributed by atoms with van der Waals surface area (Å²) in [6.45, 7) is 6.08. The number of fused-ring (bicyclic) bond motifs is 3. The summed E-state index contributed by atoms with van der Waals surface area (Å²) in [5.41, 5.74) is 1.17. The van der Waals surface area contributed by atoms with E-state index in [0.717, 1.165) is 29.5 Å². The number of hydrogen-bond donors (Lipinski definition) is 0. The van der Waals surface area contributed by atoms with Gasteiger partial charge in [0.25, 0.3) is 5.56 Å². The van der Waals surface area contributed by atoms with Gasteiger partial charge < -0.3 is 4.74 Å². The van der Waals surface area contributed by atoms with Gasteiger partial charge in [-0.1, -0.05) is 31.2 Å². The topological polar surface area (TPSA) is 61.2 Å². The Bertz CT molecular complexity index is 885. The fraction of sp³-hybridized carbons (Fsp3) is 0.526. The van der Waals surface area contributed by atoms with Crippen LogP contribution in [0.1, 0.15) is 43.0 Å². The Morgan fingerprint density at radius 1 is 1.42 bits per heavy atom. The Hall–Kier alpha value is -1.60. The largest absolute Gasteiger partial charge is 0.468 e. The maximum absolute atomic E-state index is 13.2. The first-order chi connectivity index (χ1) is 12.6. The van der Waals surface area contributed by atoms with Gasteiger partial charge in [-0.05, 0) is 37.7 Å². The van der Waals surface area contributed by atoms with Gasteiger partial charge in [0.2, 0.25) is 0 Å². The fourth-order valence-corrected chi connectivity index (χ4v) is 5.69. The number of hydrogen-bond acceptors (Lipinski definition) is 6.